The minimum atomic E-state index is 0.923. The monoisotopic (exact) mass is 278 g/mol. The van der Waals surface area contributed by atoms with Crippen molar-refractivity contribution in [3.05, 3.63) is 12.2 Å². The third-order valence-electron chi connectivity index (χ3n) is 2.91. The Morgan fingerprint density at radius 2 is 2.17 bits per heavy atom. The summed E-state index contributed by atoms with van der Waals surface area (Å²) < 4.78 is 0.923. The average molecular weight is 278 g/mol. The predicted octanol–water partition coefficient (Wildman–Crippen LogP) is 4.19. The molecule has 0 aliphatic heterocycles. The van der Waals surface area contributed by atoms with E-state index in [4.69, 9.17) is 0 Å². The zero-order chi connectivity index (χ0) is 8.97. The molecule has 0 bridgehead atoms. The third-order valence-corrected chi connectivity index (χ3v) is 4.65. The SMILES string of the molecule is C/C=C\CC1CCC(C)C(I)C1. The van der Waals surface area contributed by atoms with Crippen molar-refractivity contribution in [3.63, 3.8) is 0 Å². The summed E-state index contributed by atoms with van der Waals surface area (Å²) in [7, 11) is 0. The highest BCUT2D eigenvalue weighted by Gasteiger charge is 2.24. The maximum Gasteiger partial charge on any atom is 0.0138 e. The molecule has 3 unspecified atom stereocenters. The second kappa shape index (κ2) is 5.25. The Morgan fingerprint density at radius 1 is 1.42 bits per heavy atom. The molecule has 1 rings (SSSR count). The van der Waals surface area contributed by atoms with Crippen LogP contribution in [0.25, 0.3) is 0 Å². The Balaban J connectivity index is 2.30. The summed E-state index contributed by atoms with van der Waals surface area (Å²) in [6, 6.07) is 0. The Hall–Kier alpha value is 0.470. The lowest BCUT2D eigenvalue weighted by molar-refractivity contribution is 0.310. The minimum absolute atomic E-state index is 0.923. The molecule has 70 valence electrons. The second-order valence-corrected chi connectivity index (χ2v) is 5.58. The van der Waals surface area contributed by atoms with E-state index in [2.05, 4.69) is 48.6 Å². The summed E-state index contributed by atoms with van der Waals surface area (Å²) in [6.07, 6.45) is 10.1. The minimum Gasteiger partial charge on any atom is -0.0917 e. The van der Waals surface area contributed by atoms with Gasteiger partial charge in [-0.05, 0) is 44.4 Å². The molecule has 0 aromatic rings. The lowest BCUT2D eigenvalue weighted by Crippen LogP contribution is -2.22. The number of alkyl halides is 1. The van der Waals surface area contributed by atoms with Crippen LogP contribution in [0, 0.1) is 11.8 Å². The number of hydrogen-bond donors (Lipinski definition) is 0. The molecule has 0 amide bonds. The van der Waals surface area contributed by atoms with Crippen LogP contribution in [-0.4, -0.2) is 3.92 Å². The van der Waals surface area contributed by atoms with Crippen LogP contribution in [0.4, 0.5) is 0 Å². The Morgan fingerprint density at radius 3 is 2.75 bits per heavy atom. The van der Waals surface area contributed by atoms with E-state index in [1.165, 1.54) is 25.7 Å². The highest BCUT2D eigenvalue weighted by atomic mass is 127. The maximum atomic E-state index is 2.63. The van der Waals surface area contributed by atoms with Crippen molar-refractivity contribution in [3.8, 4) is 0 Å². The second-order valence-electron chi connectivity index (χ2n) is 3.98. The van der Waals surface area contributed by atoms with Gasteiger partial charge in [0.25, 0.3) is 0 Å². The Kier molecular flexibility index (Phi) is 4.62. The van der Waals surface area contributed by atoms with Gasteiger partial charge in [-0.15, -0.1) is 0 Å². The van der Waals surface area contributed by atoms with Gasteiger partial charge in [0.1, 0.15) is 0 Å². The summed E-state index contributed by atoms with van der Waals surface area (Å²) in [6.45, 7) is 4.51. The van der Waals surface area contributed by atoms with Crippen molar-refractivity contribution < 1.29 is 0 Å². The van der Waals surface area contributed by atoms with Crippen molar-refractivity contribution in [2.75, 3.05) is 0 Å². The van der Waals surface area contributed by atoms with E-state index in [9.17, 15) is 0 Å². The highest BCUT2D eigenvalue weighted by molar-refractivity contribution is 14.1. The molecule has 12 heavy (non-hydrogen) atoms. The van der Waals surface area contributed by atoms with Crippen molar-refractivity contribution >= 4 is 22.6 Å². The van der Waals surface area contributed by atoms with Crippen molar-refractivity contribution in [2.45, 2.75) is 43.5 Å². The van der Waals surface area contributed by atoms with Crippen LogP contribution in [0.15, 0.2) is 12.2 Å². The largest absolute Gasteiger partial charge is 0.0917 e. The summed E-state index contributed by atoms with van der Waals surface area (Å²) >= 11 is 2.63. The van der Waals surface area contributed by atoms with Gasteiger partial charge in [-0.1, -0.05) is 41.7 Å². The van der Waals surface area contributed by atoms with Crippen LogP contribution in [-0.2, 0) is 0 Å². The molecule has 0 nitrogen and oxygen atoms in total. The molecular formula is C11H19I. The molecule has 0 N–H and O–H groups in total. The topological polar surface area (TPSA) is 0 Å². The third kappa shape index (κ3) is 3.08. The normalized spacial score (nSPS) is 37.4. The van der Waals surface area contributed by atoms with Crippen LogP contribution in [0.5, 0.6) is 0 Å². The molecule has 0 radical (unpaired) electrons. The Bertz CT molecular complexity index is 151. The van der Waals surface area contributed by atoms with Gasteiger partial charge in [0, 0.05) is 3.92 Å². The standard InChI is InChI=1S/C11H19I/c1-3-4-5-10-7-6-9(2)11(12)8-10/h3-4,9-11H,5-8H2,1-2H3/b4-3-. The van der Waals surface area contributed by atoms with Gasteiger partial charge in [0.15, 0.2) is 0 Å². The summed E-state index contributed by atoms with van der Waals surface area (Å²) in [4.78, 5) is 0. The van der Waals surface area contributed by atoms with Crippen LogP contribution in [0.2, 0.25) is 0 Å². The molecule has 1 saturated carbocycles. The van der Waals surface area contributed by atoms with Crippen LogP contribution >= 0.6 is 22.6 Å². The van der Waals surface area contributed by atoms with E-state index < -0.39 is 0 Å². The molecule has 1 heteroatoms. The molecule has 1 fully saturated rings. The van der Waals surface area contributed by atoms with Crippen molar-refractivity contribution in [2.24, 2.45) is 11.8 Å². The van der Waals surface area contributed by atoms with Gasteiger partial charge in [-0.25, -0.2) is 0 Å². The molecule has 0 spiro atoms. The zero-order valence-corrected chi connectivity index (χ0v) is 10.3. The van der Waals surface area contributed by atoms with Crippen LogP contribution < -0.4 is 0 Å². The van der Waals surface area contributed by atoms with Crippen LogP contribution in [0.1, 0.15) is 39.5 Å². The Labute approximate surface area is 90.0 Å². The van der Waals surface area contributed by atoms with Gasteiger partial charge < -0.3 is 0 Å². The zero-order valence-electron chi connectivity index (χ0n) is 8.09. The summed E-state index contributed by atoms with van der Waals surface area (Å²) in [5.41, 5.74) is 0. The molecule has 1 aliphatic rings. The first kappa shape index (κ1) is 10.6. The van der Waals surface area contributed by atoms with E-state index in [1.54, 1.807) is 0 Å². The summed E-state index contributed by atoms with van der Waals surface area (Å²) in [5.74, 6) is 1.92. The van der Waals surface area contributed by atoms with E-state index in [1.807, 2.05) is 0 Å². The fourth-order valence-corrected chi connectivity index (χ4v) is 2.97. The molecule has 0 aromatic carbocycles. The lowest BCUT2D eigenvalue weighted by atomic mass is 9.81. The molecule has 0 aromatic heterocycles. The smallest absolute Gasteiger partial charge is 0.0138 e. The van der Waals surface area contributed by atoms with Gasteiger partial charge in [-0.3, -0.25) is 0 Å². The fraction of sp³-hybridized carbons (Fsp3) is 0.818. The molecule has 0 heterocycles. The molecular weight excluding hydrogens is 259 g/mol. The van der Waals surface area contributed by atoms with Gasteiger partial charge in [-0.2, -0.15) is 0 Å². The van der Waals surface area contributed by atoms with Gasteiger partial charge in [0.05, 0.1) is 0 Å². The first-order chi connectivity index (χ1) is 5.74. The number of rotatable bonds is 2. The van der Waals surface area contributed by atoms with Crippen molar-refractivity contribution in [1.82, 2.24) is 0 Å². The quantitative estimate of drug-likeness (QED) is 0.403. The predicted molar refractivity (Wildman–Crippen MR) is 63.7 cm³/mol. The first-order valence-corrected chi connectivity index (χ1v) is 6.23. The average Bonchev–Trinajstić information content (AvgIpc) is 2.07. The van der Waals surface area contributed by atoms with Gasteiger partial charge in [0.2, 0.25) is 0 Å². The lowest BCUT2D eigenvalue weighted by Gasteiger charge is -2.30. The van der Waals surface area contributed by atoms with E-state index in [0.717, 1.165) is 15.8 Å². The number of allylic oxidation sites excluding steroid dienone is 2. The van der Waals surface area contributed by atoms with E-state index in [-0.39, 0.29) is 0 Å². The number of halogens is 1. The van der Waals surface area contributed by atoms with E-state index >= 15 is 0 Å². The van der Waals surface area contributed by atoms with Crippen molar-refractivity contribution in [1.29, 1.82) is 0 Å². The molecule has 3 atom stereocenters. The van der Waals surface area contributed by atoms with E-state index in [0.29, 0.717) is 0 Å². The highest BCUT2D eigenvalue weighted by Crippen LogP contribution is 2.35. The maximum absolute atomic E-state index is 2.63. The summed E-state index contributed by atoms with van der Waals surface area (Å²) in [5, 5.41) is 0. The van der Waals surface area contributed by atoms with Crippen LogP contribution in [0.3, 0.4) is 0 Å². The molecule has 0 saturated heterocycles. The molecule has 1 aliphatic carbocycles. The first-order valence-electron chi connectivity index (χ1n) is 4.99. The fourth-order valence-electron chi connectivity index (χ4n) is 1.89. The number of hydrogen-bond acceptors (Lipinski definition) is 0. The van der Waals surface area contributed by atoms with Gasteiger partial charge >= 0.3 is 0 Å².